The van der Waals surface area contributed by atoms with Crippen LogP contribution in [0.4, 0.5) is 5.69 Å². The zero-order chi connectivity index (χ0) is 21.2. The van der Waals surface area contributed by atoms with E-state index in [1.54, 1.807) is 6.20 Å². The summed E-state index contributed by atoms with van der Waals surface area (Å²) >= 11 is 0. The number of rotatable bonds is 7. The number of nitrogens with one attached hydrogen (secondary N) is 2. The summed E-state index contributed by atoms with van der Waals surface area (Å²) in [5, 5.41) is 6.05. The van der Waals surface area contributed by atoms with Crippen LogP contribution in [0.2, 0.25) is 0 Å². The molecule has 0 aliphatic carbocycles. The monoisotopic (exact) mass is 402 g/mol. The summed E-state index contributed by atoms with van der Waals surface area (Å²) in [5.74, 6) is 0.917. The zero-order valence-electron chi connectivity index (χ0n) is 17.3. The molecule has 0 saturated carbocycles. The molecular weight excluding hydrogens is 376 g/mol. The van der Waals surface area contributed by atoms with E-state index < -0.39 is 0 Å². The van der Waals surface area contributed by atoms with Gasteiger partial charge < -0.3 is 10.1 Å². The van der Waals surface area contributed by atoms with Crippen LogP contribution in [-0.4, -0.2) is 23.5 Å². The topological polar surface area (TPSA) is 75.6 Å². The van der Waals surface area contributed by atoms with Crippen LogP contribution < -0.4 is 15.4 Å². The molecule has 1 heterocycles. The van der Waals surface area contributed by atoms with E-state index in [0.717, 1.165) is 23.6 Å². The molecular formula is C24H26N4O2. The molecule has 0 bridgehead atoms. The molecule has 2 aromatic carbocycles. The van der Waals surface area contributed by atoms with Crippen LogP contribution in [0.1, 0.15) is 35.5 Å². The van der Waals surface area contributed by atoms with E-state index in [0.29, 0.717) is 24.7 Å². The molecule has 0 unspecified atom stereocenters. The first-order chi connectivity index (χ1) is 14.7. The maximum atomic E-state index is 12.7. The highest BCUT2D eigenvalue weighted by Gasteiger charge is 2.10. The Morgan fingerprint density at radius 1 is 1.00 bits per heavy atom. The molecule has 0 atom stereocenters. The number of hydrogen-bond acceptors (Lipinski definition) is 4. The lowest BCUT2D eigenvalue weighted by molar-refractivity contribution is 0.0977. The van der Waals surface area contributed by atoms with Crippen LogP contribution in [0.3, 0.4) is 0 Å². The van der Waals surface area contributed by atoms with Gasteiger partial charge in [-0.2, -0.15) is 0 Å². The fourth-order valence-corrected chi connectivity index (χ4v) is 2.77. The van der Waals surface area contributed by atoms with Crippen molar-refractivity contribution in [3.63, 3.8) is 0 Å². The summed E-state index contributed by atoms with van der Waals surface area (Å²) < 4.78 is 5.48. The fraction of sp³-hybridized carbons (Fsp3) is 0.208. The number of pyridine rings is 1. The fourth-order valence-electron chi connectivity index (χ4n) is 2.77. The zero-order valence-corrected chi connectivity index (χ0v) is 17.3. The third kappa shape index (κ3) is 6.17. The first kappa shape index (κ1) is 21.0. The summed E-state index contributed by atoms with van der Waals surface area (Å²) in [6, 6.07) is 20.7. The Morgan fingerprint density at radius 2 is 1.77 bits per heavy atom. The summed E-state index contributed by atoms with van der Waals surface area (Å²) in [6.45, 7) is 4.97. The average molecular weight is 402 g/mol. The molecule has 3 rings (SSSR count). The van der Waals surface area contributed by atoms with Crippen LogP contribution in [0.15, 0.2) is 77.9 Å². The van der Waals surface area contributed by atoms with E-state index in [1.165, 1.54) is 5.56 Å². The van der Waals surface area contributed by atoms with Crippen LogP contribution in [0.5, 0.6) is 5.75 Å². The highest BCUT2D eigenvalue weighted by atomic mass is 16.5. The van der Waals surface area contributed by atoms with E-state index in [1.807, 2.05) is 73.7 Å². The molecule has 6 nitrogen and oxygen atoms in total. The second-order valence-electron chi connectivity index (χ2n) is 6.57. The van der Waals surface area contributed by atoms with Gasteiger partial charge in [0.15, 0.2) is 0 Å². The number of guanidine groups is 1. The third-order valence-corrected chi connectivity index (χ3v) is 4.41. The number of aliphatic imine (C=N–C) groups is 1. The lowest BCUT2D eigenvalue weighted by atomic mass is 10.1. The van der Waals surface area contributed by atoms with E-state index in [2.05, 4.69) is 27.5 Å². The van der Waals surface area contributed by atoms with Gasteiger partial charge in [-0.1, -0.05) is 25.1 Å². The van der Waals surface area contributed by atoms with Crippen molar-refractivity contribution in [1.29, 1.82) is 0 Å². The Bertz CT molecular complexity index is 968. The van der Waals surface area contributed by atoms with Crippen molar-refractivity contribution in [3.8, 4) is 5.75 Å². The van der Waals surface area contributed by atoms with Gasteiger partial charge in [0.05, 0.1) is 18.8 Å². The van der Waals surface area contributed by atoms with E-state index >= 15 is 0 Å². The van der Waals surface area contributed by atoms with Crippen LogP contribution in [0.25, 0.3) is 0 Å². The molecule has 0 fully saturated rings. The van der Waals surface area contributed by atoms with Gasteiger partial charge in [-0.3, -0.25) is 15.1 Å². The molecule has 154 valence electrons. The first-order valence-corrected chi connectivity index (χ1v) is 10.0. The lowest BCUT2D eigenvalue weighted by Gasteiger charge is -2.13. The highest BCUT2D eigenvalue weighted by molar-refractivity contribution is 6.09. The van der Waals surface area contributed by atoms with Gasteiger partial charge in [0.1, 0.15) is 5.75 Å². The maximum Gasteiger partial charge on any atom is 0.257 e. The van der Waals surface area contributed by atoms with Gasteiger partial charge in [0.25, 0.3) is 5.91 Å². The Morgan fingerprint density at radius 3 is 2.40 bits per heavy atom. The Kier molecular flexibility index (Phi) is 7.55. The van der Waals surface area contributed by atoms with Crippen molar-refractivity contribution >= 4 is 17.6 Å². The smallest absolute Gasteiger partial charge is 0.257 e. The minimum Gasteiger partial charge on any atom is -0.494 e. The van der Waals surface area contributed by atoms with Gasteiger partial charge in [0, 0.05) is 17.4 Å². The second-order valence-corrected chi connectivity index (χ2v) is 6.57. The number of anilines is 1. The molecule has 0 aliphatic heterocycles. The molecule has 2 N–H and O–H groups in total. The van der Waals surface area contributed by atoms with Crippen molar-refractivity contribution in [2.45, 2.75) is 26.8 Å². The Hall–Kier alpha value is -3.67. The molecule has 1 aromatic heterocycles. The number of carbonyl (C=O) groups excluding carboxylic acids is 1. The minimum absolute atomic E-state index is 0.226. The Labute approximate surface area is 177 Å². The summed E-state index contributed by atoms with van der Waals surface area (Å²) in [6.07, 6.45) is 2.65. The molecule has 1 amide bonds. The molecule has 0 aliphatic rings. The number of hydrogen-bond donors (Lipinski definition) is 2. The average Bonchev–Trinajstić information content (AvgIpc) is 2.79. The number of aryl methyl sites for hydroxylation is 1. The van der Waals surface area contributed by atoms with Crippen molar-refractivity contribution in [1.82, 2.24) is 10.3 Å². The van der Waals surface area contributed by atoms with Crippen molar-refractivity contribution in [2.24, 2.45) is 4.99 Å². The predicted molar refractivity (Wildman–Crippen MR) is 120 cm³/mol. The Balaban J connectivity index is 1.76. The van der Waals surface area contributed by atoms with Crippen molar-refractivity contribution < 1.29 is 9.53 Å². The third-order valence-electron chi connectivity index (χ3n) is 4.41. The first-order valence-electron chi connectivity index (χ1n) is 10.0. The summed E-state index contributed by atoms with van der Waals surface area (Å²) in [5.41, 5.74) is 3.36. The van der Waals surface area contributed by atoms with Crippen LogP contribution in [0, 0.1) is 0 Å². The van der Waals surface area contributed by atoms with E-state index in [-0.39, 0.29) is 5.91 Å². The lowest BCUT2D eigenvalue weighted by Crippen LogP contribution is -2.36. The van der Waals surface area contributed by atoms with Gasteiger partial charge in [-0.25, -0.2) is 4.99 Å². The van der Waals surface area contributed by atoms with Gasteiger partial charge >= 0.3 is 0 Å². The van der Waals surface area contributed by atoms with Gasteiger partial charge in [0.2, 0.25) is 5.96 Å². The second kappa shape index (κ2) is 10.8. The molecule has 6 heteroatoms. The standard InChI is InChI=1S/C24H26N4O2/c1-3-18-8-10-19(11-9-18)23(29)28-24(26-17-21-7-5-6-16-25-21)27-20-12-14-22(15-13-20)30-4-2/h5-16H,3-4,17H2,1-2H3,(H2,26,27,28,29). The number of ether oxygens (including phenoxy) is 1. The molecule has 3 aromatic rings. The highest BCUT2D eigenvalue weighted by Crippen LogP contribution is 2.15. The minimum atomic E-state index is -0.226. The predicted octanol–water partition coefficient (Wildman–Crippen LogP) is 4.44. The SMILES string of the molecule is CCOc1ccc(NC(=NCc2ccccn2)NC(=O)c2ccc(CC)cc2)cc1. The van der Waals surface area contributed by atoms with Gasteiger partial charge in [-0.05, 0) is 67.4 Å². The summed E-state index contributed by atoms with van der Waals surface area (Å²) in [7, 11) is 0. The van der Waals surface area contributed by atoms with Crippen molar-refractivity contribution in [2.75, 3.05) is 11.9 Å². The number of aromatic nitrogens is 1. The molecule has 30 heavy (non-hydrogen) atoms. The van der Waals surface area contributed by atoms with Crippen LogP contribution in [-0.2, 0) is 13.0 Å². The van der Waals surface area contributed by atoms with Crippen LogP contribution >= 0.6 is 0 Å². The molecule has 0 saturated heterocycles. The summed E-state index contributed by atoms with van der Waals surface area (Å²) in [4.78, 5) is 21.5. The molecule has 0 spiro atoms. The van der Waals surface area contributed by atoms with Crippen molar-refractivity contribution in [3.05, 3.63) is 89.7 Å². The number of amides is 1. The van der Waals surface area contributed by atoms with E-state index in [4.69, 9.17) is 4.74 Å². The normalized spacial score (nSPS) is 11.1. The van der Waals surface area contributed by atoms with Gasteiger partial charge in [-0.15, -0.1) is 0 Å². The number of nitrogens with zero attached hydrogens (tertiary/aromatic N) is 2. The quantitative estimate of drug-likeness (QED) is 0.452. The largest absolute Gasteiger partial charge is 0.494 e. The maximum absolute atomic E-state index is 12.7. The number of carbonyl (C=O) groups is 1. The molecule has 0 radical (unpaired) electrons. The number of benzene rings is 2. The van der Waals surface area contributed by atoms with E-state index in [9.17, 15) is 4.79 Å².